The predicted octanol–water partition coefficient (Wildman–Crippen LogP) is 7.27. The maximum absolute atomic E-state index is 13.1. The van der Waals surface area contributed by atoms with Crippen molar-refractivity contribution in [3.63, 3.8) is 0 Å². The molecule has 0 aromatic heterocycles. The van der Waals surface area contributed by atoms with Crippen LogP contribution in [0.5, 0.6) is 0 Å². The van der Waals surface area contributed by atoms with Gasteiger partial charge in [0.2, 0.25) is 0 Å². The molecule has 0 rings (SSSR count). The first kappa shape index (κ1) is 29.6. The summed E-state index contributed by atoms with van der Waals surface area (Å²) >= 11 is 0. The molecule has 0 aromatic carbocycles. The van der Waals surface area contributed by atoms with Crippen molar-refractivity contribution < 1.29 is 9.28 Å². The molecular formula is C27H57N2O+. The van der Waals surface area contributed by atoms with Gasteiger partial charge >= 0.3 is 0 Å². The molecular weight excluding hydrogens is 368 g/mol. The van der Waals surface area contributed by atoms with Crippen molar-refractivity contribution in [3.8, 4) is 0 Å². The first-order valence-corrected chi connectivity index (χ1v) is 13.3. The van der Waals surface area contributed by atoms with Gasteiger partial charge in [-0.2, -0.15) is 0 Å². The number of hydrogen-bond donors (Lipinski definition) is 1. The lowest BCUT2D eigenvalue weighted by molar-refractivity contribution is -0.928. The molecule has 0 saturated carbocycles. The van der Waals surface area contributed by atoms with Crippen molar-refractivity contribution in [3.05, 3.63) is 0 Å². The minimum atomic E-state index is -0.289. The van der Waals surface area contributed by atoms with Crippen molar-refractivity contribution in [2.75, 3.05) is 27.2 Å². The molecule has 0 radical (unpaired) electrons. The largest absolute Gasteiger partial charge is 0.330 e. The van der Waals surface area contributed by atoms with Crippen LogP contribution >= 0.6 is 0 Å². The number of quaternary nitrogens is 1. The van der Waals surface area contributed by atoms with Gasteiger partial charge in [-0.3, -0.25) is 4.79 Å². The van der Waals surface area contributed by atoms with Crippen molar-refractivity contribution in [1.29, 1.82) is 0 Å². The lowest BCUT2D eigenvalue weighted by Gasteiger charge is -2.45. The van der Waals surface area contributed by atoms with Crippen LogP contribution in [0.4, 0.5) is 0 Å². The zero-order chi connectivity index (χ0) is 22.9. The van der Waals surface area contributed by atoms with Gasteiger partial charge in [0.05, 0.1) is 20.6 Å². The molecule has 180 valence electrons. The first-order valence-electron chi connectivity index (χ1n) is 13.3. The number of unbranched alkanes of at least 4 members (excludes halogenated alkanes) is 11. The van der Waals surface area contributed by atoms with E-state index in [4.69, 9.17) is 5.73 Å². The Morgan fingerprint density at radius 1 is 0.800 bits per heavy atom. The summed E-state index contributed by atoms with van der Waals surface area (Å²) in [4.78, 5) is 13.1. The second kappa shape index (κ2) is 17.2. The molecule has 3 heteroatoms. The second-order valence-corrected chi connectivity index (χ2v) is 10.8. The summed E-state index contributed by atoms with van der Waals surface area (Å²) in [5, 5.41) is 0. The maximum Gasteiger partial charge on any atom is 0.192 e. The number of hydrogen-bond acceptors (Lipinski definition) is 2. The van der Waals surface area contributed by atoms with Crippen molar-refractivity contribution in [2.45, 2.75) is 136 Å². The van der Waals surface area contributed by atoms with Crippen LogP contribution in [0.15, 0.2) is 0 Å². The van der Waals surface area contributed by atoms with Crippen molar-refractivity contribution >= 4 is 5.78 Å². The number of rotatable bonds is 21. The average molecular weight is 426 g/mol. The molecule has 30 heavy (non-hydrogen) atoms. The number of Topliss-reactive ketones (excluding diaryl/α,β-unsaturated/α-hetero) is 1. The van der Waals surface area contributed by atoms with E-state index in [0.29, 0.717) is 12.3 Å². The minimum Gasteiger partial charge on any atom is -0.330 e. The zero-order valence-electron chi connectivity index (χ0n) is 21.7. The molecule has 0 bridgehead atoms. The second-order valence-electron chi connectivity index (χ2n) is 10.8. The van der Waals surface area contributed by atoms with E-state index in [1.54, 1.807) is 0 Å². The van der Waals surface area contributed by atoms with E-state index >= 15 is 0 Å². The van der Waals surface area contributed by atoms with Gasteiger partial charge in [-0.1, -0.05) is 90.9 Å². The zero-order valence-corrected chi connectivity index (χ0v) is 21.7. The van der Waals surface area contributed by atoms with E-state index in [-0.39, 0.29) is 5.54 Å². The summed E-state index contributed by atoms with van der Waals surface area (Å²) in [7, 11) is 4.39. The fraction of sp³-hybridized carbons (Fsp3) is 0.963. The molecule has 0 saturated heterocycles. The number of nitrogens with two attached hydrogens (primary N) is 1. The Kier molecular flexibility index (Phi) is 16.9. The molecule has 0 heterocycles. The van der Waals surface area contributed by atoms with Crippen LogP contribution in [0.25, 0.3) is 0 Å². The average Bonchev–Trinajstić information content (AvgIpc) is 2.71. The van der Waals surface area contributed by atoms with E-state index in [9.17, 15) is 4.79 Å². The van der Waals surface area contributed by atoms with Crippen molar-refractivity contribution in [2.24, 2.45) is 11.7 Å². The van der Waals surface area contributed by atoms with Gasteiger partial charge in [0.15, 0.2) is 11.3 Å². The van der Waals surface area contributed by atoms with Gasteiger partial charge in [0.1, 0.15) is 0 Å². The highest BCUT2D eigenvalue weighted by atomic mass is 16.1. The molecule has 1 atom stereocenters. The molecule has 0 aromatic rings. The summed E-state index contributed by atoms with van der Waals surface area (Å²) in [5.74, 6) is 1.31. The standard InChI is InChI=1S/C27H57N2O/c1-7-29(5,6)27(4,23-20-24-28)26(30)22-19-17-15-13-11-9-8-10-12-14-16-18-21-25(2)3/h25H,7-24,28H2,1-6H3/q+1. The molecule has 0 aliphatic carbocycles. The summed E-state index contributed by atoms with van der Waals surface area (Å²) < 4.78 is 0.767. The monoisotopic (exact) mass is 425 g/mol. The quantitative estimate of drug-likeness (QED) is 0.155. The van der Waals surface area contributed by atoms with Crippen LogP contribution in [0.1, 0.15) is 130 Å². The third-order valence-electron chi connectivity index (χ3n) is 7.53. The van der Waals surface area contributed by atoms with Crippen LogP contribution in [-0.2, 0) is 4.79 Å². The van der Waals surface area contributed by atoms with E-state index in [1.165, 1.54) is 77.0 Å². The van der Waals surface area contributed by atoms with Crippen molar-refractivity contribution in [1.82, 2.24) is 0 Å². The Balaban J connectivity index is 3.78. The number of carbonyl (C=O) groups excluding carboxylic acids is 1. The molecule has 0 spiro atoms. The van der Waals surface area contributed by atoms with Gasteiger partial charge in [0.25, 0.3) is 0 Å². The van der Waals surface area contributed by atoms with E-state index in [0.717, 1.165) is 42.6 Å². The third kappa shape index (κ3) is 12.4. The van der Waals surface area contributed by atoms with Gasteiger partial charge in [0, 0.05) is 12.8 Å². The van der Waals surface area contributed by atoms with Gasteiger partial charge in [-0.15, -0.1) is 0 Å². The first-order chi connectivity index (χ1) is 14.2. The Labute approximate surface area is 190 Å². The topological polar surface area (TPSA) is 43.1 Å². The maximum atomic E-state index is 13.1. The highest BCUT2D eigenvalue weighted by molar-refractivity contribution is 5.86. The Morgan fingerprint density at radius 2 is 1.23 bits per heavy atom. The number of nitrogens with zero attached hydrogens (tertiary/aromatic N) is 1. The van der Waals surface area contributed by atoms with Gasteiger partial charge in [-0.25, -0.2) is 0 Å². The summed E-state index contributed by atoms with van der Waals surface area (Å²) in [6, 6.07) is 0. The van der Waals surface area contributed by atoms with E-state index in [1.807, 2.05) is 0 Å². The van der Waals surface area contributed by atoms with Gasteiger partial charge < -0.3 is 10.2 Å². The van der Waals surface area contributed by atoms with Crippen LogP contribution in [-0.4, -0.2) is 43.0 Å². The smallest absolute Gasteiger partial charge is 0.192 e. The molecule has 1 unspecified atom stereocenters. The van der Waals surface area contributed by atoms with Crippen LogP contribution < -0.4 is 5.73 Å². The normalized spacial score (nSPS) is 14.3. The van der Waals surface area contributed by atoms with E-state index in [2.05, 4.69) is 41.8 Å². The molecule has 0 fully saturated rings. The molecule has 0 amide bonds. The summed E-state index contributed by atoms with van der Waals surface area (Å²) in [6.07, 6.45) is 20.1. The molecule has 2 N–H and O–H groups in total. The number of ketones is 1. The molecule has 0 aliphatic rings. The summed E-state index contributed by atoms with van der Waals surface area (Å²) in [5.41, 5.74) is 5.45. The Morgan fingerprint density at radius 3 is 1.63 bits per heavy atom. The Hall–Kier alpha value is -0.410. The van der Waals surface area contributed by atoms with Crippen LogP contribution in [0, 0.1) is 5.92 Å². The summed E-state index contributed by atoms with van der Waals surface area (Å²) in [6.45, 7) is 10.6. The lowest BCUT2D eigenvalue weighted by Crippen LogP contribution is -2.62. The SMILES string of the molecule is CC[N+](C)(C)C(C)(CCCN)C(=O)CCCCCCCCCCCCCCC(C)C. The number of carbonyl (C=O) groups is 1. The third-order valence-corrected chi connectivity index (χ3v) is 7.53. The van der Waals surface area contributed by atoms with E-state index < -0.39 is 0 Å². The lowest BCUT2D eigenvalue weighted by atomic mass is 9.84. The molecule has 3 nitrogen and oxygen atoms in total. The van der Waals surface area contributed by atoms with Crippen LogP contribution in [0.2, 0.25) is 0 Å². The highest BCUT2D eigenvalue weighted by Crippen LogP contribution is 2.29. The number of likely N-dealkylation sites (N-methyl/N-ethyl adjacent to an activating group) is 1. The predicted molar refractivity (Wildman–Crippen MR) is 134 cm³/mol. The fourth-order valence-corrected chi connectivity index (χ4v) is 4.45. The molecule has 0 aliphatic heterocycles. The highest BCUT2D eigenvalue weighted by Gasteiger charge is 2.45. The van der Waals surface area contributed by atoms with Crippen LogP contribution in [0.3, 0.4) is 0 Å². The van der Waals surface area contributed by atoms with Gasteiger partial charge in [-0.05, 0) is 39.2 Å². The Bertz CT molecular complexity index is 419. The fourth-order valence-electron chi connectivity index (χ4n) is 4.45. The minimum absolute atomic E-state index is 0.289.